The smallest absolute Gasteiger partial charge is 0.343 e. The fraction of sp³-hybridized carbons (Fsp3) is 0.443. The van der Waals surface area contributed by atoms with Crippen LogP contribution < -0.4 is 28.4 Å². The Labute approximate surface area is 476 Å². The summed E-state index contributed by atoms with van der Waals surface area (Å²) in [4.78, 5) is 40.5. The minimum Gasteiger partial charge on any atom is -0.494 e. The van der Waals surface area contributed by atoms with Gasteiger partial charge in [-0.05, 0) is 151 Å². The monoisotopic (exact) mass is 1090 g/mol. The van der Waals surface area contributed by atoms with E-state index in [4.69, 9.17) is 33.2 Å². The van der Waals surface area contributed by atoms with Crippen LogP contribution in [0, 0.1) is 0 Å². The summed E-state index contributed by atoms with van der Waals surface area (Å²) < 4.78 is 41.9. The molecule has 0 amide bonds. The zero-order valence-corrected chi connectivity index (χ0v) is 48.0. The van der Waals surface area contributed by atoms with E-state index in [2.05, 4.69) is 45.0 Å². The van der Waals surface area contributed by atoms with Gasteiger partial charge in [-0.15, -0.1) is 0 Å². The molecule has 0 bridgehead atoms. The average Bonchev–Trinajstić information content (AvgIpc) is 3.86. The lowest BCUT2D eigenvalue weighted by atomic mass is 10.1. The van der Waals surface area contributed by atoms with Crippen LogP contribution in [0.15, 0.2) is 133 Å². The van der Waals surface area contributed by atoms with E-state index in [1.54, 1.807) is 72.8 Å². The molecule has 0 N–H and O–H groups in total. The summed E-state index contributed by atoms with van der Waals surface area (Å²) in [5.74, 6) is 2.50. The molecule has 0 heterocycles. The van der Waals surface area contributed by atoms with E-state index < -0.39 is 18.0 Å². The summed E-state index contributed by atoms with van der Waals surface area (Å²) >= 11 is 0. The van der Waals surface area contributed by atoms with Crippen molar-refractivity contribution < 1.29 is 47.5 Å². The number of rotatable bonds is 38. The molecule has 0 spiro atoms. The van der Waals surface area contributed by atoms with Gasteiger partial charge in [-0.3, -0.25) is 4.79 Å². The van der Waals surface area contributed by atoms with Gasteiger partial charge < -0.3 is 33.2 Å². The maximum Gasteiger partial charge on any atom is 0.343 e. The minimum absolute atomic E-state index is 0.264. The molecule has 0 saturated heterocycles. The van der Waals surface area contributed by atoms with Crippen LogP contribution in [0.3, 0.4) is 0 Å². The van der Waals surface area contributed by atoms with Crippen LogP contribution in [0.25, 0.3) is 22.3 Å². The fourth-order valence-electron chi connectivity index (χ4n) is 9.94. The summed E-state index contributed by atoms with van der Waals surface area (Å²) in [5.41, 5.74) is 6.13. The summed E-state index contributed by atoms with van der Waals surface area (Å²) in [6, 6.07) is 41.4. The van der Waals surface area contributed by atoms with Gasteiger partial charge in [0.2, 0.25) is 0 Å². The topological polar surface area (TPSA) is 116 Å². The van der Waals surface area contributed by atoms with E-state index in [0.717, 1.165) is 117 Å². The normalized spacial score (nSPS) is 11.6. The third-order valence-electron chi connectivity index (χ3n) is 14.6. The maximum absolute atomic E-state index is 13.7. The van der Waals surface area contributed by atoms with E-state index in [0.29, 0.717) is 71.5 Å². The van der Waals surface area contributed by atoms with Crippen LogP contribution in [0.1, 0.15) is 206 Å². The molecule has 10 heteroatoms. The number of esters is 3. The van der Waals surface area contributed by atoms with Crippen molar-refractivity contribution in [2.24, 2.45) is 0 Å². The van der Waals surface area contributed by atoms with Crippen molar-refractivity contribution in [3.8, 4) is 56.8 Å². The largest absolute Gasteiger partial charge is 0.494 e. The van der Waals surface area contributed by atoms with Crippen molar-refractivity contribution in [1.82, 2.24) is 0 Å². The lowest BCUT2D eigenvalue weighted by molar-refractivity contribution is -0.147. The van der Waals surface area contributed by atoms with E-state index in [1.807, 2.05) is 36.4 Å². The van der Waals surface area contributed by atoms with E-state index in [1.165, 1.54) is 57.8 Å². The lowest BCUT2D eigenvalue weighted by Crippen LogP contribution is -2.12. The SMILES string of the molecule is CCCCCCCOc1ccc(C(=O)Oc2ccc3c(c2)C(OC(=O)CCCCCCCCCCOc2ccc(-c4ccc(OCCCCCC)cc4)cc2)c2cc(OC(=O)c4ccc(OCCCCCCC)cc4)ccc2-3)cc1. The van der Waals surface area contributed by atoms with Gasteiger partial charge in [0, 0.05) is 17.5 Å². The number of benzene rings is 6. The van der Waals surface area contributed by atoms with Gasteiger partial charge in [0.1, 0.15) is 34.5 Å². The Morgan fingerprint density at radius 3 is 1.00 bits per heavy atom. The first-order valence-corrected chi connectivity index (χ1v) is 30.2. The van der Waals surface area contributed by atoms with Crippen LogP contribution >= 0.6 is 0 Å². The molecule has 10 nitrogen and oxygen atoms in total. The molecule has 0 saturated carbocycles. The Kier molecular flexibility index (Phi) is 25.9. The lowest BCUT2D eigenvalue weighted by Gasteiger charge is -2.16. The second kappa shape index (κ2) is 34.2. The van der Waals surface area contributed by atoms with Crippen LogP contribution in [-0.2, 0) is 9.53 Å². The van der Waals surface area contributed by atoms with Gasteiger partial charge in [0.05, 0.1) is 37.6 Å². The maximum atomic E-state index is 13.7. The number of carbonyl (C=O) groups excluding carboxylic acids is 3. The van der Waals surface area contributed by atoms with Crippen molar-refractivity contribution >= 4 is 17.9 Å². The summed E-state index contributed by atoms with van der Waals surface area (Å²) in [6.45, 7) is 9.34. The van der Waals surface area contributed by atoms with Gasteiger partial charge in [-0.2, -0.15) is 0 Å². The first kappa shape index (κ1) is 60.6. The Balaban J connectivity index is 0.865. The van der Waals surface area contributed by atoms with E-state index in [9.17, 15) is 14.4 Å². The van der Waals surface area contributed by atoms with Crippen molar-refractivity contribution in [3.63, 3.8) is 0 Å². The van der Waals surface area contributed by atoms with E-state index >= 15 is 0 Å². The van der Waals surface area contributed by atoms with Gasteiger partial charge in [-0.1, -0.05) is 166 Å². The van der Waals surface area contributed by atoms with Crippen molar-refractivity contribution in [2.45, 2.75) is 175 Å². The fourth-order valence-corrected chi connectivity index (χ4v) is 9.94. The number of carbonyl (C=O) groups is 3. The van der Waals surface area contributed by atoms with Gasteiger partial charge in [-0.25, -0.2) is 9.59 Å². The third kappa shape index (κ3) is 19.9. The number of ether oxygens (including phenoxy) is 7. The third-order valence-corrected chi connectivity index (χ3v) is 14.6. The molecule has 0 radical (unpaired) electrons. The number of unbranched alkanes of at least 4 members (excludes halogenated alkanes) is 18. The molecule has 6 aromatic carbocycles. The Hall–Kier alpha value is -7.07. The average molecular weight is 1090 g/mol. The van der Waals surface area contributed by atoms with Crippen molar-refractivity contribution in [2.75, 3.05) is 26.4 Å². The van der Waals surface area contributed by atoms with Gasteiger partial charge >= 0.3 is 17.9 Å². The van der Waals surface area contributed by atoms with Crippen LogP contribution in [0.4, 0.5) is 0 Å². The highest BCUT2D eigenvalue weighted by Crippen LogP contribution is 2.48. The van der Waals surface area contributed by atoms with E-state index in [-0.39, 0.29) is 12.4 Å². The molecule has 1 aliphatic carbocycles. The Morgan fingerprint density at radius 2 is 0.637 bits per heavy atom. The predicted octanol–water partition coefficient (Wildman–Crippen LogP) is 18.7. The quantitative estimate of drug-likeness (QED) is 0.0211. The summed E-state index contributed by atoms with van der Waals surface area (Å²) in [7, 11) is 0. The Bertz CT molecular complexity index is 2640. The molecule has 0 unspecified atom stereocenters. The predicted molar refractivity (Wildman–Crippen MR) is 320 cm³/mol. The molecule has 0 aromatic heterocycles. The second-order valence-electron chi connectivity index (χ2n) is 21.1. The van der Waals surface area contributed by atoms with Crippen molar-refractivity contribution in [3.05, 3.63) is 156 Å². The first-order chi connectivity index (χ1) is 39.3. The second-order valence-corrected chi connectivity index (χ2v) is 21.1. The molecule has 6 aromatic rings. The molecule has 1 aliphatic rings. The molecule has 0 atom stereocenters. The molecule has 80 heavy (non-hydrogen) atoms. The van der Waals surface area contributed by atoms with Crippen LogP contribution in [0.5, 0.6) is 34.5 Å². The molecule has 426 valence electrons. The number of hydrogen-bond donors (Lipinski definition) is 0. The van der Waals surface area contributed by atoms with Gasteiger partial charge in [0.15, 0.2) is 6.10 Å². The molecular weight excluding hydrogens is 1000 g/mol. The highest BCUT2D eigenvalue weighted by Gasteiger charge is 2.33. The van der Waals surface area contributed by atoms with Gasteiger partial charge in [0.25, 0.3) is 0 Å². The Morgan fingerprint density at radius 1 is 0.338 bits per heavy atom. The highest BCUT2D eigenvalue weighted by atomic mass is 16.6. The highest BCUT2D eigenvalue weighted by molar-refractivity contribution is 5.92. The molecular formula is C70H86O10. The zero-order chi connectivity index (χ0) is 56.0. The number of hydrogen-bond acceptors (Lipinski definition) is 10. The van der Waals surface area contributed by atoms with Crippen molar-refractivity contribution in [1.29, 1.82) is 0 Å². The number of fused-ring (bicyclic) bond motifs is 3. The minimum atomic E-state index is -0.807. The molecule has 0 fully saturated rings. The first-order valence-electron chi connectivity index (χ1n) is 30.2. The summed E-state index contributed by atoms with van der Waals surface area (Å²) in [6.07, 6.45) is 23.9. The summed E-state index contributed by atoms with van der Waals surface area (Å²) in [5, 5.41) is 0. The zero-order valence-electron chi connectivity index (χ0n) is 48.0. The standard InChI is InChI=1S/C70H86O10/c1-4-7-10-18-23-48-76-59-39-31-55(32-40-59)69(72)78-61-43-45-63-64-46-44-62(79-70(73)56-33-41-60(42-34-56)77-49-24-19-11-8-5-2)52-66(64)68(65(63)51-61)80-67(71)26-21-17-15-13-14-16-20-25-50-75-58-37-29-54(30-38-58)53-27-35-57(36-28-53)74-47-22-12-9-6-3/h27-46,51-52,68H,4-26,47-50H2,1-3H3. The molecule has 0 aliphatic heterocycles. The van der Waals surface area contributed by atoms with Crippen LogP contribution in [-0.4, -0.2) is 44.3 Å². The van der Waals surface area contributed by atoms with Crippen LogP contribution in [0.2, 0.25) is 0 Å². The molecule has 7 rings (SSSR count).